The fourth-order valence-electron chi connectivity index (χ4n) is 1.20. The highest BCUT2D eigenvalue weighted by molar-refractivity contribution is 7.80. The van der Waals surface area contributed by atoms with Gasteiger partial charge in [-0.25, -0.2) is 0 Å². The van der Waals surface area contributed by atoms with E-state index >= 15 is 0 Å². The number of hydrogen-bond acceptors (Lipinski definition) is 3. The molecule has 0 atom stereocenters. The Morgan fingerprint density at radius 2 is 2.14 bits per heavy atom. The molecular weight excluding hydrogens is 194 g/mol. The van der Waals surface area contributed by atoms with Gasteiger partial charge in [0.2, 0.25) is 0 Å². The summed E-state index contributed by atoms with van der Waals surface area (Å²) >= 11 is 4.16. The molecule has 0 radical (unpaired) electrons. The summed E-state index contributed by atoms with van der Waals surface area (Å²) in [5.74, 6) is 1.83. The lowest BCUT2D eigenvalue weighted by atomic mass is 10.3. The fraction of sp³-hybridized carbons (Fsp3) is 0.455. The third kappa shape index (κ3) is 3.50. The van der Waals surface area contributed by atoms with E-state index in [0.29, 0.717) is 6.61 Å². The Bertz CT molecular complexity index is 265. The highest BCUT2D eigenvalue weighted by Gasteiger charge is 1.99. The van der Waals surface area contributed by atoms with Crippen LogP contribution in [0, 0.1) is 0 Å². The molecule has 14 heavy (non-hydrogen) atoms. The largest absolute Gasteiger partial charge is 0.492 e. The first-order valence-electron chi connectivity index (χ1n) is 4.95. The zero-order valence-corrected chi connectivity index (χ0v) is 9.39. The van der Waals surface area contributed by atoms with Crippen LogP contribution in [0.1, 0.15) is 13.3 Å². The normalized spacial score (nSPS) is 9.86. The van der Waals surface area contributed by atoms with E-state index in [1.165, 1.54) is 0 Å². The van der Waals surface area contributed by atoms with Gasteiger partial charge in [0.25, 0.3) is 0 Å². The van der Waals surface area contributed by atoms with Crippen LogP contribution in [0.2, 0.25) is 0 Å². The van der Waals surface area contributed by atoms with Crippen molar-refractivity contribution < 1.29 is 4.74 Å². The van der Waals surface area contributed by atoms with Crippen molar-refractivity contribution >= 4 is 18.3 Å². The van der Waals surface area contributed by atoms with Crippen molar-refractivity contribution in [3.05, 3.63) is 24.3 Å². The number of hydrogen-bond donors (Lipinski definition) is 2. The van der Waals surface area contributed by atoms with Crippen molar-refractivity contribution in [2.75, 3.05) is 24.2 Å². The summed E-state index contributed by atoms with van der Waals surface area (Å²) in [4.78, 5) is 0. The van der Waals surface area contributed by atoms with E-state index in [1.54, 1.807) is 0 Å². The molecule has 0 bridgehead atoms. The first kappa shape index (κ1) is 11.2. The summed E-state index contributed by atoms with van der Waals surface area (Å²) < 4.78 is 5.49. The van der Waals surface area contributed by atoms with E-state index in [2.05, 4.69) is 17.9 Å². The second-order valence-electron chi connectivity index (χ2n) is 2.93. The number of para-hydroxylation sites is 2. The van der Waals surface area contributed by atoms with E-state index < -0.39 is 0 Å². The van der Waals surface area contributed by atoms with Crippen LogP contribution in [0.3, 0.4) is 0 Å². The molecule has 3 heteroatoms. The first-order valence-corrected chi connectivity index (χ1v) is 5.58. The molecule has 0 aliphatic carbocycles. The summed E-state index contributed by atoms with van der Waals surface area (Å²) in [7, 11) is 0. The molecule has 0 amide bonds. The number of benzene rings is 1. The van der Waals surface area contributed by atoms with Crippen LogP contribution in [0.5, 0.6) is 5.75 Å². The Morgan fingerprint density at radius 3 is 2.86 bits per heavy atom. The third-order valence-corrected chi connectivity index (χ3v) is 2.15. The standard InChI is InChI=1S/C11H17NOS/c1-2-13-11-7-4-3-6-10(11)12-8-5-9-14/h3-4,6-7,12,14H,2,5,8-9H2,1H3. The van der Waals surface area contributed by atoms with E-state index in [1.807, 2.05) is 31.2 Å². The van der Waals surface area contributed by atoms with Gasteiger partial charge in [0.05, 0.1) is 12.3 Å². The van der Waals surface area contributed by atoms with E-state index in [0.717, 1.165) is 30.2 Å². The van der Waals surface area contributed by atoms with Crippen molar-refractivity contribution in [2.45, 2.75) is 13.3 Å². The monoisotopic (exact) mass is 211 g/mol. The molecule has 1 rings (SSSR count). The molecule has 78 valence electrons. The van der Waals surface area contributed by atoms with Gasteiger partial charge in [0.15, 0.2) is 0 Å². The Balaban J connectivity index is 2.55. The predicted molar refractivity (Wildman–Crippen MR) is 64.6 cm³/mol. The molecule has 2 nitrogen and oxygen atoms in total. The zero-order valence-electron chi connectivity index (χ0n) is 8.49. The van der Waals surface area contributed by atoms with Crippen LogP contribution in [-0.2, 0) is 0 Å². The number of thiol groups is 1. The van der Waals surface area contributed by atoms with Gasteiger partial charge in [0.1, 0.15) is 5.75 Å². The quantitative estimate of drug-likeness (QED) is 0.557. The number of nitrogens with one attached hydrogen (secondary N) is 1. The van der Waals surface area contributed by atoms with Gasteiger partial charge in [-0.3, -0.25) is 0 Å². The molecule has 1 aromatic rings. The van der Waals surface area contributed by atoms with Gasteiger partial charge in [-0.05, 0) is 31.2 Å². The maximum absolute atomic E-state index is 5.49. The number of rotatable bonds is 6. The van der Waals surface area contributed by atoms with Crippen molar-refractivity contribution in [1.29, 1.82) is 0 Å². The molecule has 0 heterocycles. The topological polar surface area (TPSA) is 21.3 Å². The average molecular weight is 211 g/mol. The minimum atomic E-state index is 0.700. The van der Waals surface area contributed by atoms with Crippen LogP contribution >= 0.6 is 12.6 Å². The molecule has 0 fully saturated rings. The maximum Gasteiger partial charge on any atom is 0.142 e. The van der Waals surface area contributed by atoms with Gasteiger partial charge in [-0.15, -0.1) is 0 Å². The molecule has 0 unspecified atom stereocenters. The van der Waals surface area contributed by atoms with Gasteiger partial charge >= 0.3 is 0 Å². The van der Waals surface area contributed by atoms with Crippen molar-refractivity contribution in [3.63, 3.8) is 0 Å². The molecule has 0 saturated heterocycles. The van der Waals surface area contributed by atoms with Gasteiger partial charge in [0, 0.05) is 6.54 Å². The highest BCUT2D eigenvalue weighted by atomic mass is 32.1. The van der Waals surface area contributed by atoms with Gasteiger partial charge in [-0.2, -0.15) is 12.6 Å². The van der Waals surface area contributed by atoms with Gasteiger partial charge < -0.3 is 10.1 Å². The summed E-state index contributed by atoms with van der Waals surface area (Å²) in [5, 5.41) is 3.33. The highest BCUT2D eigenvalue weighted by Crippen LogP contribution is 2.23. The lowest BCUT2D eigenvalue weighted by Gasteiger charge is -2.11. The maximum atomic E-state index is 5.49. The minimum Gasteiger partial charge on any atom is -0.492 e. The number of ether oxygens (including phenoxy) is 1. The molecule has 1 aromatic carbocycles. The summed E-state index contributed by atoms with van der Waals surface area (Å²) in [6.07, 6.45) is 1.06. The summed E-state index contributed by atoms with van der Waals surface area (Å²) in [5.41, 5.74) is 1.07. The Hall–Kier alpha value is -0.830. The first-order chi connectivity index (χ1) is 6.88. The lowest BCUT2D eigenvalue weighted by Crippen LogP contribution is -2.04. The Kier molecular flexibility index (Phi) is 5.30. The van der Waals surface area contributed by atoms with E-state index in [9.17, 15) is 0 Å². The Labute approximate surface area is 91.1 Å². The van der Waals surface area contributed by atoms with Crippen LogP contribution in [-0.4, -0.2) is 18.9 Å². The molecular formula is C11H17NOS. The van der Waals surface area contributed by atoms with Crippen molar-refractivity contribution in [3.8, 4) is 5.75 Å². The van der Waals surface area contributed by atoms with Crippen molar-refractivity contribution in [1.82, 2.24) is 0 Å². The fourth-order valence-corrected chi connectivity index (χ4v) is 1.35. The average Bonchev–Trinajstić information content (AvgIpc) is 2.21. The van der Waals surface area contributed by atoms with Crippen molar-refractivity contribution in [2.24, 2.45) is 0 Å². The zero-order chi connectivity index (χ0) is 10.2. The molecule has 0 aliphatic rings. The molecule has 0 aromatic heterocycles. The number of anilines is 1. The van der Waals surface area contributed by atoms with E-state index in [-0.39, 0.29) is 0 Å². The third-order valence-electron chi connectivity index (χ3n) is 1.84. The molecule has 0 aliphatic heterocycles. The minimum absolute atomic E-state index is 0.700. The summed E-state index contributed by atoms with van der Waals surface area (Å²) in [6, 6.07) is 8.00. The van der Waals surface area contributed by atoms with Crippen LogP contribution in [0.4, 0.5) is 5.69 Å². The molecule has 0 saturated carbocycles. The Morgan fingerprint density at radius 1 is 1.36 bits per heavy atom. The lowest BCUT2D eigenvalue weighted by molar-refractivity contribution is 0.341. The summed E-state index contributed by atoms with van der Waals surface area (Å²) in [6.45, 7) is 3.63. The smallest absolute Gasteiger partial charge is 0.142 e. The van der Waals surface area contributed by atoms with Crippen LogP contribution in [0.25, 0.3) is 0 Å². The van der Waals surface area contributed by atoms with E-state index in [4.69, 9.17) is 4.74 Å². The molecule has 1 N–H and O–H groups in total. The second-order valence-corrected chi connectivity index (χ2v) is 3.38. The predicted octanol–water partition coefficient (Wildman–Crippen LogP) is 2.82. The van der Waals surface area contributed by atoms with Crippen LogP contribution in [0.15, 0.2) is 24.3 Å². The van der Waals surface area contributed by atoms with Crippen LogP contribution < -0.4 is 10.1 Å². The second kappa shape index (κ2) is 6.60. The SMILES string of the molecule is CCOc1ccccc1NCCCS. The molecule has 0 spiro atoms. The van der Waals surface area contributed by atoms with Gasteiger partial charge in [-0.1, -0.05) is 12.1 Å².